The molecule has 0 radical (unpaired) electrons. The first kappa shape index (κ1) is 31.9. The minimum atomic E-state index is -0.612. The Kier molecular flexibility index (Phi) is 9.04. The van der Waals surface area contributed by atoms with Crippen LogP contribution in [0.15, 0.2) is 79.1 Å². The largest absolute Gasteiger partial charge is 0.453 e. The number of rotatable bonds is 7. The highest BCUT2D eigenvalue weighted by Crippen LogP contribution is 2.41. The molecular weight excluding hydrogens is 624 g/mol. The Hall–Kier alpha value is -5.10. The minimum absolute atomic E-state index is 0.0268. The molecule has 1 aliphatic heterocycles. The molecule has 0 saturated carbocycles. The number of aromatic nitrogens is 2. The van der Waals surface area contributed by atoms with Crippen molar-refractivity contribution in [3.8, 4) is 11.5 Å². The molecule has 0 bridgehead atoms. The summed E-state index contributed by atoms with van der Waals surface area (Å²) in [5.41, 5.74) is 1.23. The molecule has 1 aliphatic rings. The van der Waals surface area contributed by atoms with E-state index >= 15 is 4.39 Å². The Morgan fingerprint density at radius 2 is 1.66 bits per heavy atom. The minimum Gasteiger partial charge on any atom is -0.453 e. The summed E-state index contributed by atoms with van der Waals surface area (Å²) in [6.07, 6.45) is 4.46. The van der Waals surface area contributed by atoms with Crippen molar-refractivity contribution >= 4 is 50.7 Å². The molecular formula is C35H33F2N5O4S. The molecule has 2 N–H and O–H groups in total. The second-order valence-electron chi connectivity index (χ2n) is 12.1. The molecule has 4 heterocycles. The van der Waals surface area contributed by atoms with E-state index in [0.717, 1.165) is 27.9 Å². The van der Waals surface area contributed by atoms with Gasteiger partial charge in [-0.3, -0.25) is 9.78 Å². The number of carbonyl (C=O) groups excluding carboxylic acids is 2. The van der Waals surface area contributed by atoms with Crippen LogP contribution in [0.4, 0.5) is 30.8 Å². The standard InChI is InChI=1S/C35H33F2N5O4S/c1-35(2,3)46-34(44)42-17-13-21(14-18-42)30-20-27-31(47-30)29(12-16-38-27)45-28-11-10-24(19-26(28)37)40-32-25(5-4-15-39-32)33(43)41-23-8-6-22(36)7-9-23/h4-12,15-16,19-21H,13-14,17-18H2,1-3H3,(H,39,40)(H,41,43). The lowest BCUT2D eigenvalue weighted by atomic mass is 9.95. The molecule has 0 aliphatic carbocycles. The number of thiophene rings is 1. The van der Waals surface area contributed by atoms with Gasteiger partial charge in [0.1, 0.15) is 23.0 Å². The van der Waals surface area contributed by atoms with E-state index in [2.05, 4.69) is 20.6 Å². The molecule has 242 valence electrons. The van der Waals surface area contributed by atoms with E-state index in [1.165, 1.54) is 42.6 Å². The van der Waals surface area contributed by atoms with Gasteiger partial charge in [-0.05, 0) is 94.1 Å². The maximum absolute atomic E-state index is 15.4. The Bertz CT molecular complexity index is 1920. The molecule has 47 heavy (non-hydrogen) atoms. The fraction of sp³-hybridized carbons (Fsp3) is 0.257. The number of fused-ring (bicyclic) bond motifs is 1. The molecule has 0 unspecified atom stereocenters. The van der Waals surface area contributed by atoms with Crippen LogP contribution in [0.5, 0.6) is 11.5 Å². The summed E-state index contributed by atoms with van der Waals surface area (Å²) in [7, 11) is 0. The molecule has 1 fully saturated rings. The smallest absolute Gasteiger partial charge is 0.410 e. The van der Waals surface area contributed by atoms with Crippen LogP contribution in [0, 0.1) is 11.6 Å². The zero-order valence-electron chi connectivity index (χ0n) is 26.1. The monoisotopic (exact) mass is 657 g/mol. The zero-order valence-corrected chi connectivity index (χ0v) is 26.9. The average Bonchev–Trinajstić information content (AvgIpc) is 3.48. The van der Waals surface area contributed by atoms with E-state index in [1.54, 1.807) is 46.7 Å². The second kappa shape index (κ2) is 13.3. The van der Waals surface area contributed by atoms with Gasteiger partial charge in [0.15, 0.2) is 11.6 Å². The number of amides is 2. The van der Waals surface area contributed by atoms with Gasteiger partial charge in [0.25, 0.3) is 5.91 Å². The van der Waals surface area contributed by atoms with Gasteiger partial charge in [-0.2, -0.15) is 0 Å². The third-order valence-electron chi connectivity index (χ3n) is 7.51. The van der Waals surface area contributed by atoms with Crippen LogP contribution in [0.3, 0.4) is 0 Å². The third kappa shape index (κ3) is 7.66. The zero-order chi connectivity index (χ0) is 33.1. The van der Waals surface area contributed by atoms with E-state index in [4.69, 9.17) is 9.47 Å². The van der Waals surface area contributed by atoms with Crippen LogP contribution >= 0.6 is 11.3 Å². The third-order valence-corrected chi connectivity index (χ3v) is 8.81. The van der Waals surface area contributed by atoms with Gasteiger partial charge in [0.2, 0.25) is 0 Å². The lowest BCUT2D eigenvalue weighted by molar-refractivity contribution is 0.0205. The van der Waals surface area contributed by atoms with Gasteiger partial charge in [0.05, 0.1) is 15.8 Å². The van der Waals surface area contributed by atoms with Crippen molar-refractivity contribution in [3.05, 3.63) is 101 Å². The number of hydrogen-bond acceptors (Lipinski definition) is 8. The fourth-order valence-electron chi connectivity index (χ4n) is 5.22. The number of ether oxygens (including phenoxy) is 2. The van der Waals surface area contributed by atoms with Crippen molar-refractivity contribution in [2.45, 2.75) is 45.1 Å². The van der Waals surface area contributed by atoms with E-state index in [-0.39, 0.29) is 29.1 Å². The topological polar surface area (TPSA) is 106 Å². The van der Waals surface area contributed by atoms with Gasteiger partial charge in [0, 0.05) is 53.9 Å². The van der Waals surface area contributed by atoms with Crippen molar-refractivity contribution in [2.24, 2.45) is 0 Å². The van der Waals surface area contributed by atoms with Crippen molar-refractivity contribution < 1.29 is 27.8 Å². The lowest BCUT2D eigenvalue weighted by Crippen LogP contribution is -2.41. The number of anilines is 3. The molecule has 12 heteroatoms. The molecule has 9 nitrogen and oxygen atoms in total. The van der Waals surface area contributed by atoms with Gasteiger partial charge in [-0.15, -0.1) is 11.3 Å². The lowest BCUT2D eigenvalue weighted by Gasteiger charge is -2.33. The highest BCUT2D eigenvalue weighted by Gasteiger charge is 2.28. The van der Waals surface area contributed by atoms with Crippen molar-refractivity contribution in [1.29, 1.82) is 0 Å². The predicted octanol–water partition coefficient (Wildman–Crippen LogP) is 8.87. The number of hydrogen-bond donors (Lipinski definition) is 2. The summed E-state index contributed by atoms with van der Waals surface area (Å²) in [4.78, 5) is 37.1. The number of piperidine rings is 1. The molecule has 2 amide bonds. The van der Waals surface area contributed by atoms with Crippen LogP contribution in [-0.2, 0) is 4.74 Å². The van der Waals surface area contributed by atoms with Crippen LogP contribution in [0.25, 0.3) is 10.2 Å². The Morgan fingerprint density at radius 3 is 2.38 bits per heavy atom. The Morgan fingerprint density at radius 1 is 0.915 bits per heavy atom. The van der Waals surface area contributed by atoms with E-state index < -0.39 is 23.1 Å². The summed E-state index contributed by atoms with van der Waals surface area (Å²) < 4.78 is 41.0. The first-order chi connectivity index (χ1) is 22.5. The molecule has 0 spiro atoms. The van der Waals surface area contributed by atoms with E-state index in [1.807, 2.05) is 26.8 Å². The van der Waals surface area contributed by atoms with Crippen LogP contribution in [0.2, 0.25) is 0 Å². The predicted molar refractivity (Wildman–Crippen MR) is 178 cm³/mol. The molecule has 5 aromatic rings. The normalized spacial score (nSPS) is 13.8. The molecule has 6 rings (SSSR count). The highest BCUT2D eigenvalue weighted by molar-refractivity contribution is 7.19. The first-order valence-electron chi connectivity index (χ1n) is 15.1. The number of nitrogens with one attached hydrogen (secondary N) is 2. The number of carbonyl (C=O) groups is 2. The van der Waals surface area contributed by atoms with E-state index in [0.29, 0.717) is 30.2 Å². The summed E-state index contributed by atoms with van der Waals surface area (Å²) in [5.74, 6) is -0.488. The van der Waals surface area contributed by atoms with Crippen LogP contribution in [0.1, 0.15) is 54.8 Å². The van der Waals surface area contributed by atoms with Gasteiger partial charge < -0.3 is 25.0 Å². The SMILES string of the molecule is CC(C)(C)OC(=O)N1CCC(c2cc3nccc(Oc4ccc(Nc5ncccc5C(=O)Nc5ccc(F)cc5)cc4F)c3s2)CC1. The second-order valence-corrected chi connectivity index (χ2v) is 13.2. The first-order valence-corrected chi connectivity index (χ1v) is 16.0. The highest BCUT2D eigenvalue weighted by atomic mass is 32.1. The molecule has 0 atom stereocenters. The summed E-state index contributed by atoms with van der Waals surface area (Å²) in [5, 5.41) is 5.71. The average molecular weight is 658 g/mol. The summed E-state index contributed by atoms with van der Waals surface area (Å²) >= 11 is 1.56. The van der Waals surface area contributed by atoms with Crippen molar-refractivity contribution in [3.63, 3.8) is 0 Å². The quantitative estimate of drug-likeness (QED) is 0.180. The number of halogens is 2. The van der Waals surface area contributed by atoms with Gasteiger partial charge in [-0.25, -0.2) is 18.6 Å². The summed E-state index contributed by atoms with van der Waals surface area (Å²) in [6.45, 7) is 6.79. The van der Waals surface area contributed by atoms with Gasteiger partial charge in [-0.1, -0.05) is 0 Å². The van der Waals surface area contributed by atoms with Crippen LogP contribution < -0.4 is 15.4 Å². The summed E-state index contributed by atoms with van der Waals surface area (Å²) in [6, 6.07) is 16.7. The molecule has 1 saturated heterocycles. The number of pyridine rings is 2. The fourth-order valence-corrected chi connectivity index (χ4v) is 6.46. The Labute approximate surface area is 274 Å². The van der Waals surface area contributed by atoms with Crippen molar-refractivity contribution in [2.75, 3.05) is 23.7 Å². The van der Waals surface area contributed by atoms with Gasteiger partial charge >= 0.3 is 6.09 Å². The molecule has 2 aromatic carbocycles. The van der Waals surface area contributed by atoms with Crippen LogP contribution in [-0.4, -0.2) is 45.6 Å². The number of nitrogens with zero attached hydrogens (tertiary/aromatic N) is 3. The maximum Gasteiger partial charge on any atom is 0.410 e. The number of likely N-dealkylation sites (tertiary alicyclic amines) is 1. The molecule has 3 aromatic heterocycles. The maximum atomic E-state index is 15.4. The Balaban J connectivity index is 1.13. The van der Waals surface area contributed by atoms with E-state index in [9.17, 15) is 14.0 Å². The van der Waals surface area contributed by atoms with Crippen molar-refractivity contribution in [1.82, 2.24) is 14.9 Å². The number of benzene rings is 2.